The van der Waals surface area contributed by atoms with Gasteiger partial charge in [-0.05, 0) is 30.8 Å². The average Bonchev–Trinajstić information content (AvgIpc) is 3.21. The quantitative estimate of drug-likeness (QED) is 0.377. The third-order valence-electron chi connectivity index (χ3n) is 5.58. The number of anilines is 1. The van der Waals surface area contributed by atoms with Crippen LogP contribution in [0.3, 0.4) is 0 Å². The zero-order valence-electron chi connectivity index (χ0n) is 18.4. The molecule has 0 radical (unpaired) electrons. The van der Waals surface area contributed by atoms with E-state index in [-0.39, 0.29) is 19.3 Å². The maximum absolute atomic E-state index is 10.1. The topological polar surface area (TPSA) is 86.4 Å². The zero-order chi connectivity index (χ0) is 22.5. The predicted octanol–water partition coefficient (Wildman–Crippen LogP) is 3.30. The molecule has 0 amide bonds. The second kappa shape index (κ2) is 9.91. The van der Waals surface area contributed by atoms with E-state index in [0.717, 1.165) is 46.4 Å². The first-order chi connectivity index (χ1) is 15.6. The molecule has 2 heterocycles. The van der Waals surface area contributed by atoms with E-state index in [0.29, 0.717) is 5.82 Å². The molecule has 0 saturated heterocycles. The summed E-state index contributed by atoms with van der Waals surface area (Å²) in [7, 11) is 4.10. The van der Waals surface area contributed by atoms with E-state index < -0.39 is 0 Å². The van der Waals surface area contributed by atoms with Gasteiger partial charge in [-0.1, -0.05) is 54.6 Å². The number of rotatable bonds is 9. The fourth-order valence-corrected chi connectivity index (χ4v) is 3.80. The second-order valence-corrected chi connectivity index (χ2v) is 8.11. The number of aliphatic hydroxyl groups excluding tert-OH is 2. The first kappa shape index (κ1) is 22.0. The molecule has 7 nitrogen and oxygen atoms in total. The van der Waals surface area contributed by atoms with Gasteiger partial charge in [0.2, 0.25) is 0 Å². The lowest BCUT2D eigenvalue weighted by Crippen LogP contribution is -2.18. The fourth-order valence-electron chi connectivity index (χ4n) is 3.80. The van der Waals surface area contributed by atoms with Crippen molar-refractivity contribution in [2.45, 2.75) is 19.2 Å². The van der Waals surface area contributed by atoms with Crippen LogP contribution in [-0.4, -0.2) is 56.9 Å². The van der Waals surface area contributed by atoms with Crippen LogP contribution in [0, 0.1) is 0 Å². The fraction of sp³-hybridized carbons (Fsp3) is 0.280. The van der Waals surface area contributed by atoms with Crippen LogP contribution in [0.4, 0.5) is 5.82 Å². The van der Waals surface area contributed by atoms with Crippen LogP contribution in [-0.2, 0) is 13.2 Å². The van der Waals surface area contributed by atoms with Gasteiger partial charge < -0.3 is 25.0 Å². The summed E-state index contributed by atoms with van der Waals surface area (Å²) in [4.78, 5) is 11.3. The molecule has 7 heteroatoms. The summed E-state index contributed by atoms with van der Waals surface area (Å²) in [5.74, 6) is 0.683. The summed E-state index contributed by atoms with van der Waals surface area (Å²) in [6.45, 7) is 1.62. The number of likely N-dealkylation sites (N-methyl/N-ethyl adjacent to an activating group) is 1. The lowest BCUT2D eigenvalue weighted by Gasteiger charge is -2.18. The van der Waals surface area contributed by atoms with Gasteiger partial charge >= 0.3 is 0 Å². The average molecular weight is 432 g/mol. The van der Waals surface area contributed by atoms with E-state index >= 15 is 0 Å². The molecule has 1 atom stereocenters. The second-order valence-electron chi connectivity index (χ2n) is 8.11. The Morgan fingerprint density at radius 3 is 2.41 bits per heavy atom. The van der Waals surface area contributed by atoms with Gasteiger partial charge in [0, 0.05) is 24.8 Å². The summed E-state index contributed by atoms with van der Waals surface area (Å²) in [5, 5.41) is 23.8. The molecule has 166 valence electrons. The highest BCUT2D eigenvalue weighted by Crippen LogP contribution is 2.35. The molecule has 0 aliphatic rings. The molecule has 3 N–H and O–H groups in total. The monoisotopic (exact) mass is 431 g/mol. The standard InChI is InChI=1S/C25H29N5O2/c1-29(2)12-13-30-14-21(19-10-8-18(15-31)9-11-19)23-24(26-17-27-25(23)30)28-22(16-32)20-6-4-3-5-7-20/h3-11,14,17,22,31-32H,12-13,15-16H2,1-2H3,(H,26,27,28)/t22-/m1/s1. The Balaban J connectivity index is 1.81. The number of hydrogen-bond donors (Lipinski definition) is 3. The molecule has 0 aliphatic carbocycles. The van der Waals surface area contributed by atoms with Crippen LogP contribution < -0.4 is 5.32 Å². The number of fused-ring (bicyclic) bond motifs is 1. The molecular weight excluding hydrogens is 402 g/mol. The molecule has 0 aliphatic heterocycles. The van der Waals surface area contributed by atoms with Crippen LogP contribution in [0.2, 0.25) is 0 Å². The normalized spacial score (nSPS) is 12.4. The minimum atomic E-state index is -0.288. The number of benzene rings is 2. The van der Waals surface area contributed by atoms with Crippen molar-refractivity contribution in [3.8, 4) is 11.1 Å². The van der Waals surface area contributed by atoms with E-state index in [1.54, 1.807) is 6.33 Å². The van der Waals surface area contributed by atoms with E-state index in [4.69, 9.17) is 0 Å². The minimum Gasteiger partial charge on any atom is -0.394 e. The highest BCUT2D eigenvalue weighted by molar-refractivity contribution is 6.01. The minimum absolute atomic E-state index is 0.00997. The third-order valence-corrected chi connectivity index (χ3v) is 5.58. The lowest BCUT2D eigenvalue weighted by molar-refractivity contribution is 0.276. The van der Waals surface area contributed by atoms with Crippen molar-refractivity contribution in [2.24, 2.45) is 0 Å². The highest BCUT2D eigenvalue weighted by Gasteiger charge is 2.19. The number of hydrogen-bond acceptors (Lipinski definition) is 6. The maximum Gasteiger partial charge on any atom is 0.146 e. The van der Waals surface area contributed by atoms with Crippen LogP contribution in [0.1, 0.15) is 17.2 Å². The predicted molar refractivity (Wildman–Crippen MR) is 127 cm³/mol. The number of nitrogens with zero attached hydrogens (tertiary/aromatic N) is 4. The van der Waals surface area contributed by atoms with Crippen LogP contribution in [0.25, 0.3) is 22.2 Å². The Kier molecular flexibility index (Phi) is 6.80. The van der Waals surface area contributed by atoms with Gasteiger partial charge in [-0.25, -0.2) is 9.97 Å². The van der Waals surface area contributed by atoms with Crippen LogP contribution >= 0.6 is 0 Å². The highest BCUT2D eigenvalue weighted by atomic mass is 16.3. The Morgan fingerprint density at radius 1 is 1.00 bits per heavy atom. The van der Waals surface area contributed by atoms with Crippen LogP contribution in [0.5, 0.6) is 0 Å². The lowest BCUT2D eigenvalue weighted by atomic mass is 10.0. The molecule has 0 fully saturated rings. The Bertz CT molecular complexity index is 1160. The SMILES string of the molecule is CN(C)CCn1cc(-c2ccc(CO)cc2)c2c(N[C@H](CO)c3ccccc3)ncnc21. The summed E-state index contributed by atoms with van der Waals surface area (Å²) in [6.07, 6.45) is 3.67. The van der Waals surface area contributed by atoms with Crippen molar-refractivity contribution in [3.63, 3.8) is 0 Å². The van der Waals surface area contributed by atoms with Crippen molar-refractivity contribution in [2.75, 3.05) is 32.6 Å². The van der Waals surface area contributed by atoms with Crippen molar-refractivity contribution >= 4 is 16.9 Å². The number of aromatic nitrogens is 3. The first-order valence-corrected chi connectivity index (χ1v) is 10.7. The van der Waals surface area contributed by atoms with Gasteiger partial charge in [0.05, 0.1) is 24.6 Å². The van der Waals surface area contributed by atoms with Gasteiger partial charge in [-0.3, -0.25) is 0 Å². The molecule has 4 aromatic rings. The smallest absolute Gasteiger partial charge is 0.146 e. The molecule has 0 bridgehead atoms. The van der Waals surface area contributed by atoms with Crippen molar-refractivity contribution in [3.05, 3.63) is 78.2 Å². The van der Waals surface area contributed by atoms with Gasteiger partial charge in [0.15, 0.2) is 0 Å². The Hall–Kier alpha value is -3.26. The molecule has 0 unspecified atom stereocenters. The molecule has 2 aromatic carbocycles. The summed E-state index contributed by atoms with van der Waals surface area (Å²) >= 11 is 0. The number of nitrogens with one attached hydrogen (secondary N) is 1. The third kappa shape index (κ3) is 4.65. The first-order valence-electron chi connectivity index (χ1n) is 10.7. The van der Waals surface area contributed by atoms with E-state index in [2.05, 4.69) is 30.9 Å². The van der Waals surface area contributed by atoms with E-state index in [1.165, 1.54) is 0 Å². The molecule has 32 heavy (non-hydrogen) atoms. The molecule has 0 saturated carbocycles. The van der Waals surface area contributed by atoms with Crippen LogP contribution in [0.15, 0.2) is 67.1 Å². The van der Waals surface area contributed by atoms with Crippen molar-refractivity contribution in [1.29, 1.82) is 0 Å². The molecule has 0 spiro atoms. The molecular formula is C25H29N5O2. The van der Waals surface area contributed by atoms with Gasteiger partial charge in [-0.15, -0.1) is 0 Å². The van der Waals surface area contributed by atoms with Gasteiger partial charge in [0.1, 0.15) is 17.8 Å². The maximum atomic E-state index is 10.1. The molecule has 2 aromatic heterocycles. The largest absolute Gasteiger partial charge is 0.394 e. The Labute approximate surface area is 188 Å². The summed E-state index contributed by atoms with van der Waals surface area (Å²) < 4.78 is 2.15. The summed E-state index contributed by atoms with van der Waals surface area (Å²) in [6, 6.07) is 17.4. The molecule has 4 rings (SSSR count). The van der Waals surface area contributed by atoms with Gasteiger partial charge in [0.25, 0.3) is 0 Å². The van der Waals surface area contributed by atoms with Gasteiger partial charge in [-0.2, -0.15) is 0 Å². The van der Waals surface area contributed by atoms with E-state index in [9.17, 15) is 10.2 Å². The van der Waals surface area contributed by atoms with E-state index in [1.807, 2.05) is 68.7 Å². The summed E-state index contributed by atoms with van der Waals surface area (Å²) in [5.41, 5.74) is 4.73. The van der Waals surface area contributed by atoms with Crippen molar-refractivity contribution < 1.29 is 10.2 Å². The van der Waals surface area contributed by atoms with Crippen molar-refractivity contribution in [1.82, 2.24) is 19.4 Å². The Morgan fingerprint density at radius 2 is 1.75 bits per heavy atom. The number of aliphatic hydroxyl groups is 2. The zero-order valence-corrected chi connectivity index (χ0v) is 18.4.